The van der Waals surface area contributed by atoms with E-state index in [2.05, 4.69) is 20.3 Å². The summed E-state index contributed by atoms with van der Waals surface area (Å²) >= 11 is 0. The van der Waals surface area contributed by atoms with E-state index in [1.54, 1.807) is 6.07 Å². The van der Waals surface area contributed by atoms with Crippen LogP contribution in [0, 0.1) is 0 Å². The van der Waals surface area contributed by atoms with Crippen LogP contribution in [0.5, 0.6) is 11.8 Å². The second-order valence-corrected chi connectivity index (χ2v) is 8.97. The standard InChI is InChI=1S/C16H18N6O7S2/c1-9(30(24)25)13-14(22-7-5-4-6-10(22)17-13)31(26,27)21-16(23)20-15-18-11(28-2)8-12(19-15)29-3/h4-9,30H,1-3H3,(H2,18,19,20,21,23). The minimum absolute atomic E-state index is 0.0714. The molecule has 0 aliphatic carbocycles. The number of aromatic nitrogens is 4. The van der Waals surface area contributed by atoms with Crippen LogP contribution in [0.25, 0.3) is 5.65 Å². The molecule has 2 amide bonds. The van der Waals surface area contributed by atoms with Gasteiger partial charge in [-0.3, -0.25) is 9.72 Å². The molecular weight excluding hydrogens is 452 g/mol. The molecule has 0 aromatic carbocycles. The number of fused-ring (bicyclic) bond motifs is 1. The number of nitrogens with one attached hydrogen (secondary N) is 2. The van der Waals surface area contributed by atoms with Crippen LogP contribution in [0.3, 0.4) is 0 Å². The van der Waals surface area contributed by atoms with E-state index in [4.69, 9.17) is 9.47 Å². The van der Waals surface area contributed by atoms with Crippen LogP contribution in [0.15, 0.2) is 35.5 Å². The molecule has 13 nitrogen and oxygen atoms in total. The number of urea groups is 1. The normalized spacial score (nSPS) is 12.5. The van der Waals surface area contributed by atoms with E-state index in [-0.39, 0.29) is 29.0 Å². The second kappa shape index (κ2) is 8.73. The van der Waals surface area contributed by atoms with Crippen LogP contribution in [0.2, 0.25) is 0 Å². The van der Waals surface area contributed by atoms with Gasteiger partial charge in [-0.1, -0.05) is 6.07 Å². The minimum Gasteiger partial charge on any atom is -0.481 e. The number of imidazole rings is 1. The number of amides is 2. The summed E-state index contributed by atoms with van der Waals surface area (Å²) in [5.41, 5.74) is -0.0234. The molecule has 0 aliphatic heterocycles. The van der Waals surface area contributed by atoms with Gasteiger partial charge in [0.25, 0.3) is 10.0 Å². The van der Waals surface area contributed by atoms with E-state index in [0.29, 0.717) is 0 Å². The van der Waals surface area contributed by atoms with E-state index >= 15 is 0 Å². The zero-order valence-corrected chi connectivity index (χ0v) is 18.2. The van der Waals surface area contributed by atoms with Crippen molar-refractivity contribution in [3.63, 3.8) is 0 Å². The van der Waals surface area contributed by atoms with Crippen LogP contribution in [-0.2, 0) is 20.7 Å². The Kier molecular flexibility index (Phi) is 6.26. The first-order chi connectivity index (χ1) is 14.7. The molecule has 0 fully saturated rings. The van der Waals surface area contributed by atoms with E-state index in [1.807, 2.05) is 4.72 Å². The summed E-state index contributed by atoms with van der Waals surface area (Å²) in [6.07, 6.45) is 1.39. The first-order valence-electron chi connectivity index (χ1n) is 8.57. The number of pyridine rings is 1. The molecule has 3 aromatic rings. The third-order valence-electron chi connectivity index (χ3n) is 4.03. The zero-order valence-electron chi connectivity index (χ0n) is 16.5. The molecule has 3 heterocycles. The molecule has 1 unspecified atom stereocenters. The zero-order chi connectivity index (χ0) is 22.8. The molecule has 3 aromatic heterocycles. The Balaban J connectivity index is 1.97. The highest BCUT2D eigenvalue weighted by atomic mass is 32.2. The lowest BCUT2D eigenvalue weighted by atomic mass is 10.4. The summed E-state index contributed by atoms with van der Waals surface area (Å²) in [5, 5.41) is 0.478. The summed E-state index contributed by atoms with van der Waals surface area (Å²) in [6, 6.07) is 4.82. The predicted octanol–water partition coefficient (Wildman–Crippen LogP) is 0.324. The Morgan fingerprint density at radius 3 is 2.35 bits per heavy atom. The number of hydrogen-bond acceptors (Lipinski definition) is 10. The van der Waals surface area contributed by atoms with Crippen molar-refractivity contribution >= 4 is 38.4 Å². The maximum atomic E-state index is 13.0. The first-order valence-corrected chi connectivity index (χ1v) is 11.3. The molecule has 0 bridgehead atoms. The number of thiol groups is 1. The minimum atomic E-state index is -4.55. The maximum Gasteiger partial charge on any atom is 0.335 e. The number of nitrogens with zero attached hydrogens (tertiary/aromatic N) is 4. The first kappa shape index (κ1) is 22.2. The summed E-state index contributed by atoms with van der Waals surface area (Å²) < 4.78 is 61.9. The summed E-state index contributed by atoms with van der Waals surface area (Å²) in [4.78, 5) is 24.2. The quantitative estimate of drug-likeness (QED) is 0.409. The van der Waals surface area contributed by atoms with Gasteiger partial charge in [0.05, 0.1) is 26.0 Å². The van der Waals surface area contributed by atoms with Crippen LogP contribution in [-0.4, -0.2) is 56.4 Å². The molecule has 3 rings (SSSR count). The highest BCUT2D eigenvalue weighted by molar-refractivity contribution is 7.90. The van der Waals surface area contributed by atoms with Crippen LogP contribution >= 0.6 is 0 Å². The van der Waals surface area contributed by atoms with Crippen molar-refractivity contribution in [2.24, 2.45) is 0 Å². The van der Waals surface area contributed by atoms with Crippen LogP contribution in [0.4, 0.5) is 10.7 Å². The molecule has 2 N–H and O–H groups in total. The lowest BCUT2D eigenvalue weighted by Crippen LogP contribution is -2.36. The molecule has 0 aliphatic rings. The molecule has 0 saturated heterocycles. The Labute approximate surface area is 178 Å². The number of carbonyl (C=O) groups excluding carboxylic acids is 1. The number of ether oxygens (including phenoxy) is 2. The van der Waals surface area contributed by atoms with Gasteiger partial charge in [0.2, 0.25) is 17.7 Å². The molecule has 1 atom stereocenters. The van der Waals surface area contributed by atoms with Gasteiger partial charge in [-0.2, -0.15) is 18.4 Å². The Morgan fingerprint density at radius 2 is 1.77 bits per heavy atom. The van der Waals surface area contributed by atoms with Gasteiger partial charge in [-0.05, 0) is 19.1 Å². The van der Waals surface area contributed by atoms with Gasteiger partial charge in [0.15, 0.2) is 5.03 Å². The van der Waals surface area contributed by atoms with E-state index in [0.717, 1.165) is 0 Å². The molecular formula is C16H18N6O7S2. The van der Waals surface area contributed by atoms with Gasteiger partial charge in [-0.15, -0.1) is 0 Å². The smallest absolute Gasteiger partial charge is 0.335 e. The van der Waals surface area contributed by atoms with Crippen molar-refractivity contribution in [1.82, 2.24) is 24.1 Å². The predicted molar refractivity (Wildman–Crippen MR) is 108 cm³/mol. The fraction of sp³-hybridized carbons (Fsp3) is 0.250. The summed E-state index contributed by atoms with van der Waals surface area (Å²) in [5.74, 6) is -0.137. The van der Waals surface area contributed by atoms with Crippen molar-refractivity contribution in [2.45, 2.75) is 17.2 Å². The number of methoxy groups -OCH3 is 2. The van der Waals surface area contributed by atoms with Gasteiger partial charge >= 0.3 is 6.03 Å². The highest BCUT2D eigenvalue weighted by Gasteiger charge is 2.31. The van der Waals surface area contributed by atoms with Crippen molar-refractivity contribution in [2.75, 3.05) is 19.5 Å². The van der Waals surface area contributed by atoms with Gasteiger partial charge in [0, 0.05) is 6.20 Å². The monoisotopic (exact) mass is 470 g/mol. The Hall–Kier alpha value is -3.46. The maximum absolute atomic E-state index is 13.0. The second-order valence-electron chi connectivity index (χ2n) is 6.03. The number of hydrogen-bond donors (Lipinski definition) is 3. The Bertz CT molecular complexity index is 1290. The average molecular weight is 470 g/mol. The van der Waals surface area contributed by atoms with Crippen LogP contribution < -0.4 is 19.5 Å². The molecule has 0 radical (unpaired) electrons. The average Bonchev–Trinajstić information content (AvgIpc) is 3.12. The molecule has 0 saturated carbocycles. The van der Waals surface area contributed by atoms with E-state index < -0.39 is 37.0 Å². The topological polar surface area (TPSA) is 171 Å². The lowest BCUT2D eigenvalue weighted by molar-refractivity contribution is 0.256. The van der Waals surface area contributed by atoms with E-state index in [9.17, 15) is 21.6 Å². The number of rotatable bonds is 7. The molecule has 15 heteroatoms. The lowest BCUT2D eigenvalue weighted by Gasteiger charge is -2.11. The number of sulfonamides is 1. The van der Waals surface area contributed by atoms with Gasteiger partial charge in [0.1, 0.15) is 21.6 Å². The summed E-state index contributed by atoms with van der Waals surface area (Å²) in [7, 11) is -4.90. The number of carbonyl (C=O) groups is 1. The highest BCUT2D eigenvalue weighted by Crippen LogP contribution is 2.26. The van der Waals surface area contributed by atoms with Crippen molar-refractivity contribution in [1.29, 1.82) is 0 Å². The van der Waals surface area contributed by atoms with E-state index in [1.165, 1.54) is 49.9 Å². The SMILES string of the molecule is COc1cc(OC)nc(NC(=O)NS(=O)(=O)c2c(C(C)[SH](=O)=O)nc3ccccn23)n1. The van der Waals surface area contributed by atoms with Crippen LogP contribution in [0.1, 0.15) is 17.9 Å². The van der Waals surface area contributed by atoms with Gasteiger partial charge < -0.3 is 9.47 Å². The van der Waals surface area contributed by atoms with Crippen molar-refractivity contribution in [3.8, 4) is 11.8 Å². The third-order valence-corrected chi connectivity index (χ3v) is 6.27. The third kappa shape index (κ3) is 4.66. The summed E-state index contributed by atoms with van der Waals surface area (Å²) in [6.45, 7) is 1.29. The fourth-order valence-corrected chi connectivity index (χ4v) is 4.37. The van der Waals surface area contributed by atoms with Crippen molar-refractivity contribution in [3.05, 3.63) is 36.2 Å². The Morgan fingerprint density at radius 1 is 1.13 bits per heavy atom. The molecule has 31 heavy (non-hydrogen) atoms. The molecule has 166 valence electrons. The van der Waals surface area contributed by atoms with Crippen molar-refractivity contribution < 1.29 is 31.1 Å². The fourth-order valence-electron chi connectivity index (χ4n) is 2.60. The van der Waals surface area contributed by atoms with Gasteiger partial charge in [-0.25, -0.2) is 22.9 Å². The number of anilines is 1. The largest absolute Gasteiger partial charge is 0.481 e. The molecule has 0 spiro atoms.